The summed E-state index contributed by atoms with van der Waals surface area (Å²) in [5.41, 5.74) is 8.82. The lowest BCUT2D eigenvalue weighted by Gasteiger charge is -2.13. The first kappa shape index (κ1) is 21.3. The minimum atomic E-state index is -0.435. The topological polar surface area (TPSA) is 64.7 Å². The molecular weight excluding hydrogens is 288 g/mol. The van der Waals surface area contributed by atoms with Gasteiger partial charge in [0.2, 0.25) is 0 Å². The highest BCUT2D eigenvalue weighted by atomic mass is 16.6. The highest BCUT2D eigenvalue weighted by Crippen LogP contribution is 2.10. The van der Waals surface area contributed by atoms with Crippen molar-refractivity contribution in [2.75, 3.05) is 0 Å². The van der Waals surface area contributed by atoms with Gasteiger partial charge >= 0.3 is 0 Å². The Morgan fingerprint density at radius 3 is 2.09 bits per heavy atom. The molecule has 0 saturated carbocycles. The minimum absolute atomic E-state index is 0.0261. The van der Waals surface area contributed by atoms with Crippen molar-refractivity contribution in [3.05, 3.63) is 35.4 Å². The third-order valence-corrected chi connectivity index (χ3v) is 3.16. The average molecular weight is 320 g/mol. The van der Waals surface area contributed by atoms with Crippen LogP contribution in [0.5, 0.6) is 0 Å². The molecule has 0 aliphatic carbocycles. The van der Waals surface area contributed by atoms with Crippen LogP contribution in [0.3, 0.4) is 0 Å². The van der Waals surface area contributed by atoms with Gasteiger partial charge in [0, 0.05) is 5.92 Å². The molecule has 0 amide bonds. The SMILES string of the molecule is C/C(=N/OC(C)C)c1ccc(CC(N)C(=O)C(C)C)cc1.CC. The number of rotatable bonds is 7. The quantitative estimate of drug-likeness (QED) is 0.611. The van der Waals surface area contributed by atoms with Gasteiger partial charge in [0.05, 0.1) is 11.8 Å². The van der Waals surface area contributed by atoms with E-state index in [1.54, 1.807) is 0 Å². The first-order valence-electron chi connectivity index (χ1n) is 8.40. The van der Waals surface area contributed by atoms with Gasteiger partial charge in [-0.1, -0.05) is 57.1 Å². The van der Waals surface area contributed by atoms with Crippen LogP contribution < -0.4 is 5.73 Å². The molecule has 2 N–H and O–H groups in total. The molecule has 0 heterocycles. The maximum Gasteiger partial charge on any atom is 0.152 e. The number of nitrogens with two attached hydrogens (primary N) is 1. The van der Waals surface area contributed by atoms with Gasteiger partial charge in [-0.15, -0.1) is 0 Å². The molecule has 23 heavy (non-hydrogen) atoms. The van der Waals surface area contributed by atoms with Crippen LogP contribution in [0.2, 0.25) is 0 Å². The number of carbonyl (C=O) groups excluding carboxylic acids is 1. The van der Waals surface area contributed by atoms with E-state index in [0.29, 0.717) is 6.42 Å². The predicted molar refractivity (Wildman–Crippen MR) is 97.7 cm³/mol. The largest absolute Gasteiger partial charge is 0.393 e. The molecule has 1 rings (SSSR count). The number of hydrogen-bond donors (Lipinski definition) is 1. The van der Waals surface area contributed by atoms with E-state index in [9.17, 15) is 4.79 Å². The van der Waals surface area contributed by atoms with Crippen LogP contribution in [0.15, 0.2) is 29.4 Å². The second-order valence-electron chi connectivity index (χ2n) is 5.90. The van der Waals surface area contributed by atoms with E-state index >= 15 is 0 Å². The Morgan fingerprint density at radius 2 is 1.65 bits per heavy atom. The number of Topliss-reactive ketones (excluding diaryl/α,β-unsaturated/α-hetero) is 1. The highest BCUT2D eigenvalue weighted by Gasteiger charge is 2.17. The second-order valence-corrected chi connectivity index (χ2v) is 5.90. The van der Waals surface area contributed by atoms with Crippen molar-refractivity contribution in [3.8, 4) is 0 Å². The molecule has 0 radical (unpaired) electrons. The zero-order valence-electron chi connectivity index (χ0n) is 15.6. The van der Waals surface area contributed by atoms with Crippen molar-refractivity contribution in [2.24, 2.45) is 16.8 Å². The van der Waals surface area contributed by atoms with Gasteiger partial charge in [-0.2, -0.15) is 0 Å². The fraction of sp³-hybridized carbons (Fsp3) is 0.579. The van der Waals surface area contributed by atoms with Crippen LogP contribution in [-0.2, 0) is 16.1 Å². The van der Waals surface area contributed by atoms with E-state index in [-0.39, 0.29) is 17.8 Å². The van der Waals surface area contributed by atoms with Crippen molar-refractivity contribution in [3.63, 3.8) is 0 Å². The zero-order chi connectivity index (χ0) is 18.0. The Morgan fingerprint density at radius 1 is 1.13 bits per heavy atom. The van der Waals surface area contributed by atoms with Gasteiger partial charge in [-0.3, -0.25) is 4.79 Å². The van der Waals surface area contributed by atoms with Gasteiger partial charge < -0.3 is 10.6 Å². The summed E-state index contributed by atoms with van der Waals surface area (Å²) in [6.45, 7) is 13.5. The molecule has 4 nitrogen and oxygen atoms in total. The number of benzene rings is 1. The third-order valence-electron chi connectivity index (χ3n) is 3.16. The molecule has 0 saturated heterocycles. The van der Waals surface area contributed by atoms with Crippen LogP contribution in [-0.4, -0.2) is 23.6 Å². The van der Waals surface area contributed by atoms with Crippen molar-refractivity contribution in [2.45, 2.75) is 67.0 Å². The smallest absolute Gasteiger partial charge is 0.152 e. The maximum absolute atomic E-state index is 11.8. The molecule has 1 aromatic carbocycles. The molecule has 1 unspecified atom stereocenters. The first-order valence-corrected chi connectivity index (χ1v) is 8.40. The molecule has 130 valence electrons. The van der Waals surface area contributed by atoms with Crippen molar-refractivity contribution in [1.29, 1.82) is 0 Å². The van der Waals surface area contributed by atoms with Crippen LogP contribution >= 0.6 is 0 Å². The van der Waals surface area contributed by atoms with E-state index in [1.807, 2.05) is 72.7 Å². The highest BCUT2D eigenvalue weighted by molar-refractivity contribution is 5.98. The maximum atomic E-state index is 11.8. The Balaban J connectivity index is 0.00000232. The van der Waals surface area contributed by atoms with Crippen LogP contribution in [0.4, 0.5) is 0 Å². The number of carbonyl (C=O) groups is 1. The Bertz CT molecular complexity index is 491. The third kappa shape index (κ3) is 7.93. The summed E-state index contributed by atoms with van der Waals surface area (Å²) < 4.78 is 0. The monoisotopic (exact) mass is 320 g/mol. The lowest BCUT2D eigenvalue weighted by Crippen LogP contribution is -2.35. The lowest BCUT2D eigenvalue weighted by molar-refractivity contribution is -0.123. The predicted octanol–water partition coefficient (Wildman–Crippen LogP) is 3.96. The van der Waals surface area contributed by atoms with E-state index in [4.69, 9.17) is 10.6 Å². The molecule has 0 bridgehead atoms. The van der Waals surface area contributed by atoms with Crippen molar-refractivity contribution in [1.82, 2.24) is 0 Å². The number of oxime groups is 1. The van der Waals surface area contributed by atoms with Crippen LogP contribution in [0.25, 0.3) is 0 Å². The van der Waals surface area contributed by atoms with Crippen LogP contribution in [0, 0.1) is 5.92 Å². The molecule has 0 spiro atoms. The summed E-state index contributed by atoms with van der Waals surface area (Å²) >= 11 is 0. The molecule has 0 aromatic heterocycles. The fourth-order valence-electron chi connectivity index (χ4n) is 1.90. The summed E-state index contributed by atoms with van der Waals surface area (Å²) in [4.78, 5) is 17.0. The van der Waals surface area contributed by atoms with Gasteiger partial charge in [-0.25, -0.2) is 0 Å². The van der Waals surface area contributed by atoms with Gasteiger partial charge in [0.15, 0.2) is 5.78 Å². The van der Waals surface area contributed by atoms with Gasteiger partial charge in [-0.05, 0) is 38.3 Å². The fourth-order valence-corrected chi connectivity index (χ4v) is 1.90. The first-order chi connectivity index (χ1) is 10.8. The van der Waals surface area contributed by atoms with E-state index in [1.165, 1.54) is 0 Å². The molecule has 0 aliphatic rings. The Kier molecular flexibility index (Phi) is 10.1. The van der Waals surface area contributed by atoms with Gasteiger partial charge in [0.1, 0.15) is 6.10 Å². The summed E-state index contributed by atoms with van der Waals surface area (Å²) in [6, 6.07) is 7.48. The molecular formula is C19H32N2O2. The Labute approximate surface area is 141 Å². The molecule has 4 heteroatoms. The lowest BCUT2D eigenvalue weighted by atomic mass is 9.96. The van der Waals surface area contributed by atoms with E-state index < -0.39 is 6.04 Å². The summed E-state index contributed by atoms with van der Waals surface area (Å²) in [7, 11) is 0. The molecule has 0 aliphatic heterocycles. The number of hydrogen-bond acceptors (Lipinski definition) is 4. The minimum Gasteiger partial charge on any atom is -0.393 e. The van der Waals surface area contributed by atoms with E-state index in [0.717, 1.165) is 16.8 Å². The average Bonchev–Trinajstić information content (AvgIpc) is 2.54. The summed E-state index contributed by atoms with van der Waals surface area (Å²) in [5, 5.41) is 4.07. The molecule has 1 atom stereocenters. The van der Waals surface area contributed by atoms with Crippen molar-refractivity contribution < 1.29 is 9.63 Å². The van der Waals surface area contributed by atoms with Crippen LogP contribution in [0.1, 0.15) is 59.6 Å². The number of nitrogens with zero attached hydrogens (tertiary/aromatic N) is 1. The summed E-state index contributed by atoms with van der Waals surface area (Å²) in [5.74, 6) is 0.0731. The Hall–Kier alpha value is -1.68. The normalized spacial score (nSPS) is 12.7. The van der Waals surface area contributed by atoms with Crippen molar-refractivity contribution >= 4 is 11.5 Å². The molecule has 1 aromatic rings. The van der Waals surface area contributed by atoms with Gasteiger partial charge in [0.25, 0.3) is 0 Å². The molecule has 0 fully saturated rings. The second kappa shape index (κ2) is 10.9. The zero-order valence-corrected chi connectivity index (χ0v) is 15.6. The number of ketones is 1. The standard InChI is InChI=1S/C17H26N2O2.C2H6/c1-11(2)17(20)16(18)10-14-6-8-15(9-7-14)13(5)19-21-12(3)4;1-2/h6-9,11-12,16H,10,18H2,1-5H3;1-2H3/b19-13-;. The van der Waals surface area contributed by atoms with E-state index in [2.05, 4.69) is 5.16 Å². The summed E-state index contributed by atoms with van der Waals surface area (Å²) in [6.07, 6.45) is 0.634.